The van der Waals surface area contributed by atoms with Crippen LogP contribution in [-0.4, -0.2) is 13.2 Å². The quantitative estimate of drug-likeness (QED) is 0.0557. The maximum Gasteiger partial charge on any atom is 2.00 e. The maximum absolute atomic E-state index is 12.3. The van der Waals surface area contributed by atoms with E-state index in [0.717, 1.165) is 30.1 Å². The molecule has 0 heterocycles. The van der Waals surface area contributed by atoms with Crippen molar-refractivity contribution in [2.75, 3.05) is 11.9 Å². The zero-order valence-corrected chi connectivity index (χ0v) is 39.7. The number of rotatable bonds is 15. The number of hydrogen-bond acceptors (Lipinski definition) is 1. The Kier molecular flexibility index (Phi) is 56.7. The summed E-state index contributed by atoms with van der Waals surface area (Å²) in [6, 6.07) is 6.50. The number of anilines is 1. The van der Waals surface area contributed by atoms with Crippen LogP contribution in [0.4, 0.5) is 23.2 Å². The summed E-state index contributed by atoms with van der Waals surface area (Å²) in [4.78, 5) is 1.96. The van der Waals surface area contributed by atoms with E-state index in [9.17, 15) is 17.6 Å². The molecule has 0 spiro atoms. The van der Waals surface area contributed by atoms with E-state index in [4.69, 9.17) is 0 Å². The topological polar surface area (TPSA) is 3.24 Å². The van der Waals surface area contributed by atoms with Crippen LogP contribution in [0.25, 0.3) is 0 Å². The average Bonchev–Trinajstić information content (AvgIpc) is 3.05. The smallest absolute Gasteiger partial charge is 0.451 e. The molecule has 1 aromatic carbocycles. The molecule has 2 unspecified atom stereocenters. The van der Waals surface area contributed by atoms with Crippen molar-refractivity contribution in [2.45, 2.75) is 186 Å². The maximum atomic E-state index is 12.3. The standard InChI is InChI=1S/C17H22F3N.C9H20.C5H11.2C4H10.C3H7FP.U/c1-5-6-13(2)11-14(3)21(4)16-9-7-15(8-10-16)12-17(18,19)20;1-4-6-7-8-9(3)5-2;1-3-5-4-2;2*1-3-4-2;1-2-3(4)5;/h6-11H,5,12H2,1-4H3;9H,4-8H2,1-3H3;1,3-5H2,2H3;2*3-4H2,1-2H3;2,5H2,1H3;/q;;-1;;;-1;+2/b13-6-,14-11-;;;;;;. The van der Waals surface area contributed by atoms with Gasteiger partial charge >= 0.3 is 37.3 Å². The SMILES string of the molecule is CC/C=C(C)\C=C(\C)N(C)c1ccc(CC(F)(F)F)cc1.CCCC.CCCC.CCCCCC(C)CC.CC[C-](F)P.[CH2-]CCCC.[U+2]. The summed E-state index contributed by atoms with van der Waals surface area (Å²) < 4.78 is 48.3. The van der Waals surface area contributed by atoms with Crippen LogP contribution in [0.5, 0.6) is 0 Å². The Labute approximate surface area is 331 Å². The zero-order valence-electron chi connectivity index (χ0n) is 34.4. The van der Waals surface area contributed by atoms with Gasteiger partial charge in [0, 0.05) is 18.4 Å². The van der Waals surface area contributed by atoms with Gasteiger partial charge in [0.25, 0.3) is 0 Å². The Bertz CT molecular complexity index is 798. The van der Waals surface area contributed by atoms with Crippen LogP contribution in [0.3, 0.4) is 0 Å². The van der Waals surface area contributed by atoms with Crippen molar-refractivity contribution in [3.05, 3.63) is 66.1 Å². The second-order valence-electron chi connectivity index (χ2n) is 12.2. The molecule has 0 aromatic heterocycles. The largest absolute Gasteiger partial charge is 2.00 e. The van der Waals surface area contributed by atoms with E-state index < -0.39 is 12.6 Å². The predicted octanol–water partition coefficient (Wildman–Crippen LogP) is 16.5. The van der Waals surface area contributed by atoms with Crippen LogP contribution in [-0.2, 0) is 6.42 Å². The van der Waals surface area contributed by atoms with Gasteiger partial charge in [0.15, 0.2) is 0 Å². The molecule has 1 nitrogen and oxygen atoms in total. The molecular formula is C42H80F4NPU. The molecule has 0 aliphatic rings. The van der Waals surface area contributed by atoms with E-state index in [1.54, 1.807) is 19.1 Å². The fourth-order valence-corrected chi connectivity index (χ4v) is 3.28. The van der Waals surface area contributed by atoms with E-state index in [2.05, 4.69) is 81.4 Å². The molecule has 7 heteroatoms. The van der Waals surface area contributed by atoms with Crippen LogP contribution in [0.15, 0.2) is 47.7 Å². The van der Waals surface area contributed by atoms with Crippen molar-refractivity contribution in [1.29, 1.82) is 0 Å². The summed E-state index contributed by atoms with van der Waals surface area (Å²) in [5.74, 6) is 0.876. The number of allylic oxidation sites excluding steroid dienone is 4. The summed E-state index contributed by atoms with van der Waals surface area (Å²) in [5, 5.41) is 0. The molecule has 0 aliphatic carbocycles. The Balaban J connectivity index is -0.000000136. The van der Waals surface area contributed by atoms with Crippen LogP contribution in [0.1, 0.15) is 179 Å². The Morgan fingerprint density at radius 3 is 1.57 bits per heavy atom. The van der Waals surface area contributed by atoms with E-state index in [0.29, 0.717) is 6.42 Å². The van der Waals surface area contributed by atoms with Gasteiger partial charge in [-0.25, -0.2) is 0 Å². The number of unbranched alkanes of at least 4 members (excludes halogenated alkanes) is 6. The molecular weight excluding hydrogens is 863 g/mol. The van der Waals surface area contributed by atoms with Crippen LogP contribution >= 0.6 is 9.24 Å². The van der Waals surface area contributed by atoms with Crippen LogP contribution in [0, 0.1) is 49.9 Å². The molecule has 0 radical (unpaired) electrons. The molecule has 0 bridgehead atoms. The number of halogens is 4. The number of benzene rings is 1. The molecule has 0 saturated carbocycles. The van der Waals surface area contributed by atoms with Gasteiger partial charge in [0.2, 0.25) is 0 Å². The van der Waals surface area contributed by atoms with Crippen molar-refractivity contribution in [2.24, 2.45) is 5.92 Å². The molecule has 2 atom stereocenters. The van der Waals surface area contributed by atoms with Crippen molar-refractivity contribution < 1.29 is 48.7 Å². The van der Waals surface area contributed by atoms with Crippen LogP contribution < -0.4 is 4.90 Å². The Morgan fingerprint density at radius 1 is 0.837 bits per heavy atom. The fourth-order valence-electron chi connectivity index (χ4n) is 3.28. The number of hydrogen-bond donors (Lipinski definition) is 0. The summed E-state index contributed by atoms with van der Waals surface area (Å²) in [6.07, 6.45) is 16.6. The number of alkyl halides is 3. The van der Waals surface area contributed by atoms with E-state index >= 15 is 0 Å². The third-order valence-corrected chi connectivity index (χ3v) is 7.57. The van der Waals surface area contributed by atoms with Gasteiger partial charge in [-0.2, -0.15) is 19.6 Å². The molecule has 0 fully saturated rings. The average molecular weight is 944 g/mol. The fraction of sp³-hybridized carbons (Fsp3) is 0.714. The first-order valence-corrected chi connectivity index (χ1v) is 19.4. The van der Waals surface area contributed by atoms with Gasteiger partial charge in [-0.1, -0.05) is 164 Å². The molecule has 0 amide bonds. The van der Waals surface area contributed by atoms with E-state index in [-0.39, 0.29) is 42.6 Å². The Hall–Kier alpha value is -0.298. The molecule has 0 aliphatic heterocycles. The first-order valence-electron chi connectivity index (χ1n) is 18.9. The second kappa shape index (κ2) is 45.7. The molecule has 49 heavy (non-hydrogen) atoms. The molecule has 1 aromatic rings. The predicted molar refractivity (Wildman–Crippen MR) is 216 cm³/mol. The summed E-state index contributed by atoms with van der Waals surface area (Å²) in [6.45, 7) is 29.3. The summed E-state index contributed by atoms with van der Waals surface area (Å²) >= 11 is 0. The normalized spacial score (nSPS) is 11.3. The van der Waals surface area contributed by atoms with Gasteiger partial charge in [-0.05, 0) is 50.0 Å². The first-order chi connectivity index (χ1) is 22.5. The third-order valence-electron chi connectivity index (χ3n) is 7.16. The van der Waals surface area contributed by atoms with Crippen molar-refractivity contribution in [1.82, 2.24) is 0 Å². The minimum Gasteiger partial charge on any atom is -0.451 e. The first kappa shape index (κ1) is 60.8. The summed E-state index contributed by atoms with van der Waals surface area (Å²) in [5.41, 5.74) is 3.37. The molecule has 1 rings (SSSR count). The van der Waals surface area contributed by atoms with Crippen molar-refractivity contribution in [3.63, 3.8) is 0 Å². The minimum absolute atomic E-state index is 0. The molecule has 290 valence electrons. The van der Waals surface area contributed by atoms with Gasteiger partial charge in [0.1, 0.15) is 0 Å². The van der Waals surface area contributed by atoms with Crippen molar-refractivity contribution in [3.8, 4) is 0 Å². The van der Waals surface area contributed by atoms with Gasteiger partial charge in [0.05, 0.1) is 6.42 Å². The van der Waals surface area contributed by atoms with E-state index in [1.165, 1.54) is 88.3 Å². The monoisotopic (exact) mass is 944 g/mol. The summed E-state index contributed by atoms with van der Waals surface area (Å²) in [7, 11) is 3.89. The van der Waals surface area contributed by atoms with Gasteiger partial charge in [-0.15, -0.1) is 12.3 Å². The third kappa shape index (κ3) is 54.6. The van der Waals surface area contributed by atoms with Crippen molar-refractivity contribution >= 4 is 14.9 Å². The zero-order chi connectivity index (χ0) is 38.4. The Morgan fingerprint density at radius 2 is 1.29 bits per heavy atom. The molecule has 0 N–H and O–H groups in total. The minimum atomic E-state index is -4.16. The van der Waals surface area contributed by atoms with E-state index in [1.807, 2.05) is 35.0 Å². The second-order valence-corrected chi connectivity index (χ2v) is 12.8. The van der Waals surface area contributed by atoms with Gasteiger partial charge in [-0.3, -0.25) is 9.24 Å². The molecule has 0 saturated heterocycles. The van der Waals surface area contributed by atoms with Gasteiger partial charge < -0.3 is 16.2 Å². The van der Waals surface area contributed by atoms with Crippen LogP contribution in [0.2, 0.25) is 0 Å². The number of nitrogens with zero attached hydrogens (tertiary/aromatic N) is 1.